The average molecular weight is 439 g/mol. The molecular formula is C19H26N4O6S. The molecule has 164 valence electrons. The highest BCUT2D eigenvalue weighted by atomic mass is 32.2. The van der Waals surface area contributed by atoms with Crippen molar-refractivity contribution in [3.8, 4) is 0 Å². The number of fused-ring (bicyclic) bond motifs is 1. The minimum absolute atomic E-state index is 0.0722. The number of nitrogens with zero attached hydrogens (tertiary/aromatic N) is 3. The van der Waals surface area contributed by atoms with E-state index in [2.05, 4.69) is 5.32 Å². The van der Waals surface area contributed by atoms with E-state index in [4.69, 9.17) is 4.42 Å². The number of aliphatic hydroxyl groups excluding tert-OH is 1. The van der Waals surface area contributed by atoms with Gasteiger partial charge in [-0.15, -0.1) is 0 Å². The van der Waals surface area contributed by atoms with E-state index in [0.717, 1.165) is 6.42 Å². The van der Waals surface area contributed by atoms with Crippen molar-refractivity contribution < 1.29 is 22.7 Å². The first-order chi connectivity index (χ1) is 14.1. The largest absolute Gasteiger partial charge is 0.419 e. The maximum Gasteiger partial charge on any atom is 0.419 e. The van der Waals surface area contributed by atoms with E-state index in [0.29, 0.717) is 42.7 Å². The molecule has 4 rings (SSSR count). The first-order valence-corrected chi connectivity index (χ1v) is 11.7. The predicted octanol–water partition coefficient (Wildman–Crippen LogP) is -0.0692. The van der Waals surface area contributed by atoms with Crippen LogP contribution in [0.25, 0.3) is 11.1 Å². The minimum atomic E-state index is -3.40. The second-order valence-electron chi connectivity index (χ2n) is 8.20. The molecule has 0 bridgehead atoms. The molecule has 1 aromatic carbocycles. The number of hydrogen-bond donors (Lipinski definition) is 2. The van der Waals surface area contributed by atoms with Crippen molar-refractivity contribution in [2.75, 3.05) is 37.8 Å². The van der Waals surface area contributed by atoms with Gasteiger partial charge in [0, 0.05) is 38.4 Å². The van der Waals surface area contributed by atoms with E-state index < -0.39 is 27.4 Å². The summed E-state index contributed by atoms with van der Waals surface area (Å²) in [5.74, 6) is -0.734. The van der Waals surface area contributed by atoms with Crippen LogP contribution >= 0.6 is 0 Å². The van der Waals surface area contributed by atoms with Gasteiger partial charge in [-0.05, 0) is 31.4 Å². The van der Waals surface area contributed by atoms with Gasteiger partial charge in [0.2, 0.25) is 15.9 Å². The fourth-order valence-corrected chi connectivity index (χ4v) is 6.16. The molecule has 0 saturated carbocycles. The Balaban J connectivity index is 1.40. The summed E-state index contributed by atoms with van der Waals surface area (Å²) in [6.07, 6.45) is 2.16. The van der Waals surface area contributed by atoms with Crippen LogP contribution in [0.3, 0.4) is 0 Å². The van der Waals surface area contributed by atoms with Crippen LogP contribution in [0.5, 0.6) is 0 Å². The second-order valence-corrected chi connectivity index (χ2v) is 10.1. The number of sulfonamides is 1. The van der Waals surface area contributed by atoms with E-state index in [1.807, 2.05) is 4.90 Å². The van der Waals surface area contributed by atoms with E-state index in [1.54, 1.807) is 25.2 Å². The van der Waals surface area contributed by atoms with E-state index in [1.165, 1.54) is 15.1 Å². The van der Waals surface area contributed by atoms with Crippen LogP contribution in [0.4, 0.5) is 5.69 Å². The lowest BCUT2D eigenvalue weighted by atomic mass is 9.83. The molecule has 30 heavy (non-hydrogen) atoms. The Labute approximate surface area is 174 Å². The highest BCUT2D eigenvalue weighted by molar-refractivity contribution is 7.88. The van der Waals surface area contributed by atoms with Crippen molar-refractivity contribution in [2.24, 2.45) is 7.05 Å². The highest BCUT2D eigenvalue weighted by Gasteiger charge is 2.52. The van der Waals surface area contributed by atoms with Gasteiger partial charge in [-0.1, -0.05) is 0 Å². The van der Waals surface area contributed by atoms with Crippen LogP contribution in [0.2, 0.25) is 0 Å². The summed E-state index contributed by atoms with van der Waals surface area (Å²) >= 11 is 0. The molecule has 1 spiro atoms. The van der Waals surface area contributed by atoms with Crippen LogP contribution in [0, 0.1) is 0 Å². The summed E-state index contributed by atoms with van der Waals surface area (Å²) < 4.78 is 32.2. The lowest BCUT2D eigenvalue weighted by Crippen LogP contribution is -2.63. The number of amides is 1. The monoisotopic (exact) mass is 438 g/mol. The molecule has 2 atom stereocenters. The summed E-state index contributed by atoms with van der Waals surface area (Å²) in [5.41, 5.74) is 0.762. The quantitative estimate of drug-likeness (QED) is 0.685. The molecule has 1 amide bonds. The number of aryl methyl sites for hydroxylation is 1. The third kappa shape index (κ3) is 3.66. The first-order valence-electron chi connectivity index (χ1n) is 9.88. The Kier molecular flexibility index (Phi) is 5.25. The topological polar surface area (TPSA) is 125 Å². The van der Waals surface area contributed by atoms with Crippen LogP contribution < -0.4 is 11.1 Å². The Morgan fingerprint density at radius 2 is 2.10 bits per heavy atom. The molecule has 2 saturated heterocycles. The van der Waals surface area contributed by atoms with Crippen molar-refractivity contribution in [3.63, 3.8) is 0 Å². The maximum absolute atomic E-state index is 12.5. The number of benzene rings is 1. The van der Waals surface area contributed by atoms with Gasteiger partial charge >= 0.3 is 5.76 Å². The minimum Gasteiger partial charge on any atom is -0.408 e. The van der Waals surface area contributed by atoms with Gasteiger partial charge in [-0.25, -0.2) is 13.2 Å². The Bertz CT molecular complexity index is 1140. The molecule has 1 aromatic heterocycles. The van der Waals surface area contributed by atoms with Gasteiger partial charge in [0.15, 0.2) is 5.58 Å². The van der Waals surface area contributed by atoms with Gasteiger partial charge in [-0.3, -0.25) is 14.3 Å². The van der Waals surface area contributed by atoms with Gasteiger partial charge in [0.25, 0.3) is 0 Å². The molecule has 2 fully saturated rings. The van der Waals surface area contributed by atoms with Gasteiger partial charge < -0.3 is 14.8 Å². The number of anilines is 1. The molecule has 3 heterocycles. The summed E-state index contributed by atoms with van der Waals surface area (Å²) in [7, 11) is -1.79. The number of aliphatic hydroxyl groups is 1. The van der Waals surface area contributed by atoms with Crippen molar-refractivity contribution in [1.29, 1.82) is 0 Å². The number of β-amino-alcohol motifs (C(OH)–C–C–N with tert-alkyl or cyclic N) is 1. The Morgan fingerprint density at radius 3 is 2.80 bits per heavy atom. The fraction of sp³-hybridized carbons (Fsp3) is 0.579. The fourth-order valence-electron chi connectivity index (χ4n) is 4.74. The summed E-state index contributed by atoms with van der Waals surface area (Å²) in [4.78, 5) is 25.9. The van der Waals surface area contributed by atoms with Gasteiger partial charge in [-0.2, -0.15) is 4.31 Å². The SMILES string of the molecule is Cn1c(=O)oc2cc(NC(=O)CN3CC[C@@]4(CCCN4S(C)(=O)=O)[C@@H](O)C3)ccc21. The zero-order chi connectivity index (χ0) is 21.7. The summed E-state index contributed by atoms with van der Waals surface area (Å²) in [6, 6.07) is 4.99. The molecule has 10 nitrogen and oxygen atoms in total. The molecule has 0 unspecified atom stereocenters. The van der Waals surface area contributed by atoms with Crippen molar-refractivity contribution in [1.82, 2.24) is 13.8 Å². The number of oxazole rings is 1. The van der Waals surface area contributed by atoms with Crippen molar-refractivity contribution in [2.45, 2.75) is 30.9 Å². The van der Waals surface area contributed by atoms with E-state index >= 15 is 0 Å². The van der Waals surface area contributed by atoms with Crippen LogP contribution in [0.1, 0.15) is 19.3 Å². The normalized spacial score (nSPS) is 25.9. The zero-order valence-corrected chi connectivity index (χ0v) is 17.8. The second kappa shape index (κ2) is 7.49. The maximum atomic E-state index is 12.5. The van der Waals surface area contributed by atoms with E-state index in [9.17, 15) is 23.1 Å². The first kappa shape index (κ1) is 21.0. The predicted molar refractivity (Wildman–Crippen MR) is 111 cm³/mol. The molecule has 0 aliphatic carbocycles. The number of aromatic nitrogens is 1. The number of carbonyl (C=O) groups excluding carboxylic acids is 1. The molecule has 0 radical (unpaired) electrons. The molecule has 2 aromatic rings. The summed E-state index contributed by atoms with van der Waals surface area (Å²) in [6.45, 7) is 1.24. The smallest absolute Gasteiger partial charge is 0.408 e. The lowest BCUT2D eigenvalue weighted by molar-refractivity contribution is -0.119. The van der Waals surface area contributed by atoms with Gasteiger partial charge in [0.05, 0.1) is 30.0 Å². The number of piperidine rings is 1. The lowest BCUT2D eigenvalue weighted by Gasteiger charge is -2.47. The van der Waals surface area contributed by atoms with Crippen molar-refractivity contribution in [3.05, 3.63) is 28.7 Å². The molecule has 2 aliphatic rings. The van der Waals surface area contributed by atoms with Crippen LogP contribution in [0.15, 0.2) is 27.4 Å². The Morgan fingerprint density at radius 1 is 1.33 bits per heavy atom. The van der Waals surface area contributed by atoms with Crippen molar-refractivity contribution >= 4 is 32.7 Å². The number of carbonyl (C=O) groups is 1. The highest BCUT2D eigenvalue weighted by Crippen LogP contribution is 2.40. The number of likely N-dealkylation sites (tertiary alicyclic amines) is 1. The molecule has 2 aliphatic heterocycles. The third-order valence-corrected chi connectivity index (χ3v) is 7.57. The Hall–Kier alpha value is -2.21. The zero-order valence-electron chi connectivity index (χ0n) is 17.0. The molecule has 2 N–H and O–H groups in total. The van der Waals surface area contributed by atoms with Gasteiger partial charge in [0.1, 0.15) is 0 Å². The third-order valence-electron chi connectivity index (χ3n) is 6.22. The average Bonchev–Trinajstić information content (AvgIpc) is 3.21. The summed E-state index contributed by atoms with van der Waals surface area (Å²) in [5, 5.41) is 13.6. The number of hydrogen-bond acceptors (Lipinski definition) is 7. The van der Waals surface area contributed by atoms with E-state index in [-0.39, 0.29) is 19.0 Å². The molecular weight excluding hydrogens is 412 g/mol. The standard InChI is InChI=1S/C19H26N4O6S/c1-21-14-5-4-13(10-15(14)29-18(21)26)20-17(25)12-22-9-7-19(16(24)11-22)6-3-8-23(19)30(2,27)28/h4-5,10,16,24H,3,6-9,11-12H2,1-2H3,(H,20,25)/t16-,19-/m0/s1. The number of nitrogens with one attached hydrogen (secondary N) is 1. The van der Waals surface area contributed by atoms with Crippen LogP contribution in [-0.2, 0) is 21.9 Å². The number of rotatable bonds is 4. The van der Waals surface area contributed by atoms with Crippen LogP contribution in [-0.4, -0.2) is 77.3 Å². The molecule has 11 heteroatoms.